The van der Waals surface area contributed by atoms with Crippen molar-refractivity contribution in [2.24, 2.45) is 0 Å². The second-order valence-corrected chi connectivity index (χ2v) is 4.66. The quantitative estimate of drug-likeness (QED) is 0.476. The second-order valence-electron chi connectivity index (χ2n) is 3.02. The molecule has 0 unspecified atom stereocenters. The van der Waals surface area contributed by atoms with E-state index in [1.807, 2.05) is 0 Å². The van der Waals surface area contributed by atoms with E-state index in [1.165, 1.54) is 7.11 Å². The van der Waals surface area contributed by atoms with Crippen molar-refractivity contribution in [3.63, 3.8) is 0 Å². The number of hydrogen-bond acceptors (Lipinski definition) is 3. The average molecular weight is 350 g/mol. The van der Waals surface area contributed by atoms with Gasteiger partial charge in [0.1, 0.15) is 0 Å². The topological polar surface area (TPSA) is 43.4 Å². The summed E-state index contributed by atoms with van der Waals surface area (Å²) < 4.78 is 5.25. The summed E-state index contributed by atoms with van der Waals surface area (Å²) in [5, 5.41) is 0.563. The maximum atomic E-state index is 11.8. The highest BCUT2D eigenvalue weighted by atomic mass is 79.9. The van der Waals surface area contributed by atoms with Gasteiger partial charge in [0.15, 0.2) is 5.78 Å². The van der Waals surface area contributed by atoms with E-state index in [0.717, 1.165) is 0 Å². The van der Waals surface area contributed by atoms with Crippen LogP contribution in [-0.4, -0.2) is 24.2 Å². The van der Waals surface area contributed by atoms with Gasteiger partial charge in [0.25, 0.3) is 0 Å². The minimum absolute atomic E-state index is 0.0928. The van der Waals surface area contributed by atoms with Crippen molar-refractivity contribution >= 4 is 43.6 Å². The van der Waals surface area contributed by atoms with Gasteiger partial charge in [-0.15, -0.1) is 0 Å². The minimum Gasteiger partial charge on any atom is -0.465 e. The number of esters is 1. The lowest BCUT2D eigenvalue weighted by Gasteiger charge is -2.08. The maximum Gasteiger partial charge on any atom is 0.338 e. The maximum absolute atomic E-state index is 11.8. The number of rotatable bonds is 4. The zero-order valence-corrected chi connectivity index (χ0v) is 11.8. The molecule has 0 saturated carbocycles. The average Bonchev–Trinajstić information content (AvgIpc) is 2.27. The number of carbonyl (C=O) groups excluding carboxylic acids is 2. The number of ether oxygens (including phenoxy) is 1. The number of Topliss-reactive ketones (excluding diaryl/α,β-unsaturated/α-hetero) is 1. The van der Waals surface area contributed by atoms with Crippen LogP contribution in [0.4, 0.5) is 0 Å². The molecule has 0 atom stereocenters. The number of methoxy groups -OCH3 is 1. The van der Waals surface area contributed by atoms with E-state index < -0.39 is 5.97 Å². The summed E-state index contributed by atoms with van der Waals surface area (Å²) in [5.74, 6) is -0.594. The van der Waals surface area contributed by atoms with Crippen molar-refractivity contribution in [2.75, 3.05) is 12.4 Å². The zero-order chi connectivity index (χ0) is 12.1. The SMILES string of the molecule is COC(=O)c1cccc(Br)c1C(=O)CCBr. The van der Waals surface area contributed by atoms with Crippen molar-refractivity contribution in [1.82, 2.24) is 0 Å². The van der Waals surface area contributed by atoms with Crippen molar-refractivity contribution in [1.29, 1.82) is 0 Å². The molecule has 86 valence electrons. The third-order valence-corrected chi connectivity index (χ3v) is 3.08. The van der Waals surface area contributed by atoms with Gasteiger partial charge in [-0.3, -0.25) is 4.79 Å². The van der Waals surface area contributed by atoms with E-state index in [-0.39, 0.29) is 5.78 Å². The van der Waals surface area contributed by atoms with E-state index in [0.29, 0.717) is 27.4 Å². The van der Waals surface area contributed by atoms with Crippen LogP contribution in [-0.2, 0) is 4.74 Å². The Hall–Kier alpha value is -0.680. The van der Waals surface area contributed by atoms with Crippen LogP contribution < -0.4 is 0 Å². The van der Waals surface area contributed by atoms with E-state index in [2.05, 4.69) is 36.6 Å². The molecule has 1 aromatic carbocycles. The first kappa shape index (κ1) is 13.4. The molecule has 0 bridgehead atoms. The molecule has 1 rings (SSSR count). The van der Waals surface area contributed by atoms with Crippen molar-refractivity contribution in [3.8, 4) is 0 Å². The summed E-state index contributed by atoms with van der Waals surface area (Å²) in [7, 11) is 1.29. The largest absolute Gasteiger partial charge is 0.465 e. The normalized spacial score (nSPS) is 9.94. The van der Waals surface area contributed by atoms with Crippen molar-refractivity contribution < 1.29 is 14.3 Å². The summed E-state index contributed by atoms with van der Waals surface area (Å²) in [6.45, 7) is 0. The molecule has 16 heavy (non-hydrogen) atoms. The molecule has 0 spiro atoms. The number of carbonyl (C=O) groups is 2. The predicted molar refractivity (Wildman–Crippen MR) is 68.2 cm³/mol. The van der Waals surface area contributed by atoms with E-state index in [1.54, 1.807) is 18.2 Å². The number of benzene rings is 1. The van der Waals surface area contributed by atoms with Gasteiger partial charge in [-0.1, -0.05) is 37.9 Å². The van der Waals surface area contributed by atoms with Crippen LogP contribution in [0.5, 0.6) is 0 Å². The Balaban J connectivity index is 3.23. The van der Waals surface area contributed by atoms with Crippen LogP contribution in [0.3, 0.4) is 0 Å². The Morgan fingerprint density at radius 1 is 1.38 bits per heavy atom. The highest BCUT2D eigenvalue weighted by Gasteiger charge is 2.19. The van der Waals surface area contributed by atoms with Gasteiger partial charge in [0.2, 0.25) is 0 Å². The fraction of sp³-hybridized carbons (Fsp3) is 0.273. The molecule has 0 aliphatic carbocycles. The second kappa shape index (κ2) is 6.15. The van der Waals surface area contributed by atoms with Gasteiger partial charge in [0, 0.05) is 21.8 Å². The number of alkyl halides is 1. The molecule has 0 aliphatic rings. The van der Waals surface area contributed by atoms with Crippen LogP contribution in [0.1, 0.15) is 27.1 Å². The van der Waals surface area contributed by atoms with Crippen molar-refractivity contribution in [2.45, 2.75) is 6.42 Å². The molecular formula is C11H10Br2O3. The lowest BCUT2D eigenvalue weighted by Crippen LogP contribution is -2.11. The summed E-state index contributed by atoms with van der Waals surface area (Å²) >= 11 is 6.47. The smallest absolute Gasteiger partial charge is 0.338 e. The monoisotopic (exact) mass is 348 g/mol. The van der Waals surface area contributed by atoms with Crippen LogP contribution in [0.25, 0.3) is 0 Å². The highest BCUT2D eigenvalue weighted by Crippen LogP contribution is 2.23. The van der Waals surface area contributed by atoms with Gasteiger partial charge in [0.05, 0.1) is 12.7 Å². The predicted octanol–water partition coefficient (Wildman–Crippen LogP) is 3.20. The molecule has 0 heterocycles. The molecule has 0 N–H and O–H groups in total. The summed E-state index contributed by atoms with van der Waals surface area (Å²) in [5.41, 5.74) is 0.677. The van der Waals surface area contributed by atoms with Crippen LogP contribution in [0, 0.1) is 0 Å². The fourth-order valence-corrected chi connectivity index (χ4v) is 2.25. The van der Waals surface area contributed by atoms with Gasteiger partial charge in [-0.2, -0.15) is 0 Å². The fourth-order valence-electron chi connectivity index (χ4n) is 1.30. The molecule has 0 aromatic heterocycles. The first-order valence-corrected chi connectivity index (χ1v) is 6.49. The summed E-state index contributed by atoms with van der Waals surface area (Å²) in [6, 6.07) is 5.01. The summed E-state index contributed by atoms with van der Waals surface area (Å²) in [4.78, 5) is 23.3. The lowest BCUT2D eigenvalue weighted by molar-refractivity contribution is 0.0597. The van der Waals surface area contributed by atoms with E-state index in [9.17, 15) is 9.59 Å². The van der Waals surface area contributed by atoms with Crippen LogP contribution in [0.2, 0.25) is 0 Å². The first-order valence-electron chi connectivity index (χ1n) is 4.57. The van der Waals surface area contributed by atoms with Gasteiger partial charge >= 0.3 is 5.97 Å². The lowest BCUT2D eigenvalue weighted by atomic mass is 10.0. The third kappa shape index (κ3) is 2.92. The highest BCUT2D eigenvalue weighted by molar-refractivity contribution is 9.10. The Kier molecular flexibility index (Phi) is 5.15. The number of hydrogen-bond donors (Lipinski definition) is 0. The summed E-state index contributed by atoms with van der Waals surface area (Å²) in [6.07, 6.45) is 0.340. The van der Waals surface area contributed by atoms with Crippen LogP contribution in [0.15, 0.2) is 22.7 Å². The van der Waals surface area contributed by atoms with E-state index >= 15 is 0 Å². The number of ketones is 1. The zero-order valence-electron chi connectivity index (χ0n) is 8.63. The third-order valence-electron chi connectivity index (χ3n) is 2.02. The first-order chi connectivity index (χ1) is 7.61. The molecule has 1 aromatic rings. The van der Waals surface area contributed by atoms with E-state index in [4.69, 9.17) is 0 Å². The standard InChI is InChI=1S/C11H10Br2O3/c1-16-11(15)7-3-2-4-8(13)10(7)9(14)5-6-12/h2-4H,5-6H2,1H3. The molecule has 0 fully saturated rings. The Morgan fingerprint density at radius 2 is 2.06 bits per heavy atom. The Labute approximate surface area is 110 Å². The molecule has 0 saturated heterocycles. The van der Waals surface area contributed by atoms with Gasteiger partial charge < -0.3 is 4.74 Å². The number of halogens is 2. The Bertz CT molecular complexity index is 416. The van der Waals surface area contributed by atoms with Crippen molar-refractivity contribution in [3.05, 3.63) is 33.8 Å². The molecule has 5 heteroatoms. The molecule has 0 radical (unpaired) electrons. The van der Waals surface area contributed by atoms with Gasteiger partial charge in [-0.05, 0) is 12.1 Å². The molecule has 0 aliphatic heterocycles. The molecule has 3 nitrogen and oxygen atoms in total. The molecule has 0 amide bonds. The van der Waals surface area contributed by atoms with Gasteiger partial charge in [-0.25, -0.2) is 4.79 Å². The van der Waals surface area contributed by atoms with Crippen LogP contribution >= 0.6 is 31.9 Å². The Morgan fingerprint density at radius 3 is 2.62 bits per heavy atom. The minimum atomic E-state index is -0.501. The molecular weight excluding hydrogens is 340 g/mol.